The lowest BCUT2D eigenvalue weighted by Crippen LogP contribution is -2.51. The van der Waals surface area contributed by atoms with Gasteiger partial charge in [-0.3, -0.25) is 10.4 Å². The fraction of sp³-hybridized carbons (Fsp3) is 0.345. The monoisotopic (exact) mass is 518 g/mol. The van der Waals surface area contributed by atoms with Crippen LogP contribution >= 0.6 is 0 Å². The molecule has 0 saturated carbocycles. The summed E-state index contributed by atoms with van der Waals surface area (Å²) >= 11 is 0. The summed E-state index contributed by atoms with van der Waals surface area (Å²) in [5.41, 5.74) is 12.0. The number of aliphatic hydroxyl groups excluding tert-OH is 1. The minimum absolute atomic E-state index is 0.0452. The Morgan fingerprint density at radius 1 is 1.13 bits per heavy atom. The topological polar surface area (TPSA) is 127 Å². The molecular formula is C29H34N4O5. The van der Waals surface area contributed by atoms with Crippen LogP contribution in [0.1, 0.15) is 25.0 Å². The smallest absolute Gasteiger partial charge is 0.422 e. The largest absolute Gasteiger partial charge is 0.462 e. The summed E-state index contributed by atoms with van der Waals surface area (Å²) in [6, 6.07) is 22.6. The van der Waals surface area contributed by atoms with Gasteiger partial charge in [-0.2, -0.15) is 0 Å². The Bertz CT molecular complexity index is 1200. The third-order valence-electron chi connectivity index (χ3n) is 6.49. The van der Waals surface area contributed by atoms with Gasteiger partial charge in [-0.15, -0.1) is 0 Å². The zero-order valence-electron chi connectivity index (χ0n) is 21.6. The molecule has 0 radical (unpaired) electrons. The number of aliphatic hydroxyl groups is 1. The van der Waals surface area contributed by atoms with Crippen LogP contribution in [0.15, 0.2) is 79.0 Å². The Kier molecular flexibility index (Phi) is 8.73. The number of rotatable bonds is 10. The summed E-state index contributed by atoms with van der Waals surface area (Å²) < 4.78 is 10.5. The number of pyridine rings is 1. The van der Waals surface area contributed by atoms with Gasteiger partial charge in [-0.25, -0.2) is 14.6 Å². The summed E-state index contributed by atoms with van der Waals surface area (Å²) in [5, 5.41) is 12.4. The average Bonchev–Trinajstić information content (AvgIpc) is 3.16. The molecule has 3 aromatic rings. The van der Waals surface area contributed by atoms with E-state index in [1.54, 1.807) is 25.1 Å². The standard InChI is InChI=1S/C29H34N4O5/c1-29(2)19-37-27(35)26(29)38-28(36)32-33(18-25(34)23(30)16-20-8-4-3-5-9-20)17-21-11-13-22(14-12-21)24-10-6-7-15-31-24/h3-15,23,25-26,34H,16-19,30H2,1-2H3,(H,32,36)/t23-,25-,26-/m0/s1. The van der Waals surface area contributed by atoms with E-state index < -0.39 is 35.7 Å². The van der Waals surface area contributed by atoms with Crippen LogP contribution in [0.25, 0.3) is 11.3 Å². The average molecular weight is 519 g/mol. The highest BCUT2D eigenvalue weighted by Crippen LogP contribution is 2.31. The molecule has 38 heavy (non-hydrogen) atoms. The van der Waals surface area contributed by atoms with E-state index in [1.807, 2.05) is 72.8 Å². The van der Waals surface area contributed by atoms with Crippen LogP contribution in [-0.4, -0.2) is 58.6 Å². The van der Waals surface area contributed by atoms with Gasteiger partial charge in [0.1, 0.15) is 6.61 Å². The van der Waals surface area contributed by atoms with Crippen LogP contribution < -0.4 is 11.2 Å². The highest BCUT2D eigenvalue weighted by molar-refractivity contribution is 5.81. The van der Waals surface area contributed by atoms with Gasteiger partial charge in [0, 0.05) is 36.3 Å². The molecule has 1 fully saturated rings. The molecule has 1 aliphatic rings. The number of nitrogens with one attached hydrogen (secondary N) is 1. The van der Waals surface area contributed by atoms with Gasteiger partial charge < -0.3 is 20.3 Å². The maximum Gasteiger partial charge on any atom is 0.422 e. The van der Waals surface area contributed by atoms with Crippen molar-refractivity contribution in [1.82, 2.24) is 15.4 Å². The fourth-order valence-corrected chi connectivity index (χ4v) is 4.27. The maximum absolute atomic E-state index is 12.8. The van der Waals surface area contributed by atoms with E-state index in [0.717, 1.165) is 22.4 Å². The van der Waals surface area contributed by atoms with Crippen molar-refractivity contribution < 1.29 is 24.2 Å². The third kappa shape index (κ3) is 7.16. The summed E-state index contributed by atoms with van der Waals surface area (Å²) in [6.45, 7) is 4.07. The number of carbonyl (C=O) groups is 2. The van der Waals surface area contributed by atoms with Gasteiger partial charge in [0.2, 0.25) is 6.10 Å². The number of cyclic esters (lactones) is 1. The second-order valence-electron chi connectivity index (χ2n) is 10.2. The molecule has 1 amide bonds. The van der Waals surface area contributed by atoms with Gasteiger partial charge in [-0.1, -0.05) is 74.5 Å². The number of aromatic nitrogens is 1. The lowest BCUT2D eigenvalue weighted by Gasteiger charge is -2.29. The molecule has 3 atom stereocenters. The van der Waals surface area contributed by atoms with Gasteiger partial charge in [0.15, 0.2) is 0 Å². The number of benzene rings is 2. The van der Waals surface area contributed by atoms with Gasteiger partial charge in [0.05, 0.1) is 11.8 Å². The zero-order chi connectivity index (χ0) is 27.1. The molecule has 0 bridgehead atoms. The second-order valence-corrected chi connectivity index (χ2v) is 10.2. The minimum atomic E-state index is -1.02. The van der Waals surface area contributed by atoms with Crippen LogP contribution in [0.3, 0.4) is 0 Å². The van der Waals surface area contributed by atoms with Crippen molar-refractivity contribution in [2.75, 3.05) is 13.2 Å². The first kappa shape index (κ1) is 27.3. The first-order valence-corrected chi connectivity index (χ1v) is 12.6. The molecule has 4 N–H and O–H groups in total. The highest BCUT2D eigenvalue weighted by atomic mass is 16.6. The quantitative estimate of drug-likeness (QED) is 0.276. The zero-order valence-corrected chi connectivity index (χ0v) is 21.6. The summed E-state index contributed by atoms with van der Waals surface area (Å²) in [6.07, 6.45) is -0.567. The Labute approximate surface area is 222 Å². The molecule has 0 unspecified atom stereocenters. The van der Waals surface area contributed by atoms with Gasteiger partial charge in [0.25, 0.3) is 0 Å². The molecule has 0 spiro atoms. The first-order valence-electron chi connectivity index (χ1n) is 12.6. The number of hydrazine groups is 1. The summed E-state index contributed by atoms with van der Waals surface area (Å²) in [4.78, 5) is 29.3. The van der Waals surface area contributed by atoms with Crippen LogP contribution in [0, 0.1) is 5.41 Å². The SMILES string of the molecule is CC1(C)COC(=O)[C@@H]1OC(=O)NN(Cc1ccc(-c2ccccn2)cc1)C[C@H](O)[C@@H](N)Cc1ccccc1. The van der Waals surface area contributed by atoms with Crippen molar-refractivity contribution in [3.8, 4) is 11.3 Å². The van der Waals surface area contributed by atoms with Crippen molar-refractivity contribution in [3.05, 3.63) is 90.1 Å². The van der Waals surface area contributed by atoms with E-state index in [0.29, 0.717) is 6.42 Å². The van der Waals surface area contributed by atoms with E-state index in [9.17, 15) is 14.7 Å². The first-order chi connectivity index (χ1) is 18.2. The molecule has 1 aromatic heterocycles. The number of ether oxygens (including phenoxy) is 2. The van der Waals surface area contributed by atoms with Gasteiger partial charge >= 0.3 is 12.1 Å². The number of nitrogens with zero attached hydrogens (tertiary/aromatic N) is 2. The lowest BCUT2D eigenvalue weighted by atomic mass is 9.90. The predicted octanol–water partition coefficient (Wildman–Crippen LogP) is 3.07. The molecule has 200 valence electrons. The molecule has 2 heterocycles. The highest BCUT2D eigenvalue weighted by Gasteiger charge is 2.46. The third-order valence-corrected chi connectivity index (χ3v) is 6.49. The number of hydrogen-bond donors (Lipinski definition) is 3. The molecule has 9 nitrogen and oxygen atoms in total. The van der Waals surface area contributed by atoms with Crippen molar-refractivity contribution in [3.63, 3.8) is 0 Å². The van der Waals surface area contributed by atoms with E-state index in [1.165, 1.54) is 0 Å². The van der Waals surface area contributed by atoms with Crippen molar-refractivity contribution in [2.24, 2.45) is 11.1 Å². The van der Waals surface area contributed by atoms with Crippen LogP contribution in [-0.2, 0) is 27.2 Å². The minimum Gasteiger partial charge on any atom is -0.462 e. The number of esters is 1. The molecule has 2 aromatic carbocycles. The molecule has 1 aliphatic heterocycles. The van der Waals surface area contributed by atoms with E-state index in [2.05, 4.69) is 10.4 Å². The van der Waals surface area contributed by atoms with Crippen molar-refractivity contribution >= 4 is 12.1 Å². The van der Waals surface area contributed by atoms with E-state index in [-0.39, 0.29) is 19.7 Å². The van der Waals surface area contributed by atoms with Crippen LogP contribution in [0.5, 0.6) is 0 Å². The number of nitrogens with two attached hydrogens (primary N) is 1. The Hall–Kier alpha value is -3.79. The Balaban J connectivity index is 1.45. The van der Waals surface area contributed by atoms with Crippen LogP contribution in [0.4, 0.5) is 4.79 Å². The van der Waals surface area contributed by atoms with Gasteiger partial charge in [-0.05, 0) is 29.7 Å². The normalized spacial score (nSPS) is 18.0. The summed E-state index contributed by atoms with van der Waals surface area (Å²) in [5.74, 6) is -0.577. The molecule has 0 aliphatic carbocycles. The second kappa shape index (κ2) is 12.2. The Morgan fingerprint density at radius 2 is 1.84 bits per heavy atom. The van der Waals surface area contributed by atoms with E-state index in [4.69, 9.17) is 15.2 Å². The molecular weight excluding hydrogens is 484 g/mol. The summed E-state index contributed by atoms with van der Waals surface area (Å²) in [7, 11) is 0. The number of amides is 1. The maximum atomic E-state index is 12.8. The lowest BCUT2D eigenvalue weighted by molar-refractivity contribution is -0.145. The number of carbonyl (C=O) groups excluding carboxylic acids is 2. The van der Waals surface area contributed by atoms with Crippen molar-refractivity contribution in [2.45, 2.75) is 45.1 Å². The molecule has 1 saturated heterocycles. The van der Waals surface area contributed by atoms with Crippen molar-refractivity contribution in [1.29, 1.82) is 0 Å². The number of hydrogen-bond acceptors (Lipinski definition) is 8. The van der Waals surface area contributed by atoms with E-state index >= 15 is 0 Å². The predicted molar refractivity (Wildman–Crippen MR) is 142 cm³/mol. The fourth-order valence-electron chi connectivity index (χ4n) is 4.27. The Morgan fingerprint density at radius 3 is 2.47 bits per heavy atom. The van der Waals surface area contributed by atoms with Crippen LogP contribution in [0.2, 0.25) is 0 Å². The molecule has 4 rings (SSSR count). The molecule has 9 heteroatoms.